The van der Waals surface area contributed by atoms with E-state index in [2.05, 4.69) is 21.2 Å². The molecule has 5 nitrogen and oxygen atoms in total. The Morgan fingerprint density at radius 2 is 2.26 bits per heavy atom. The zero-order valence-corrected chi connectivity index (χ0v) is 12.4. The van der Waals surface area contributed by atoms with Crippen molar-refractivity contribution in [2.75, 3.05) is 0 Å². The van der Waals surface area contributed by atoms with Crippen LogP contribution in [0.1, 0.15) is 21.4 Å². The quantitative estimate of drug-likeness (QED) is 0.896. The van der Waals surface area contributed by atoms with E-state index < -0.39 is 17.9 Å². The van der Waals surface area contributed by atoms with Gasteiger partial charge in [-0.2, -0.15) is 0 Å². The number of aliphatic carboxylic acids is 1. The Balaban J connectivity index is 2.21. The van der Waals surface area contributed by atoms with Crippen LogP contribution in [0.3, 0.4) is 0 Å². The van der Waals surface area contributed by atoms with Crippen molar-refractivity contribution in [3.05, 3.63) is 44.8 Å². The van der Waals surface area contributed by atoms with Gasteiger partial charge in [0.25, 0.3) is 5.91 Å². The van der Waals surface area contributed by atoms with Gasteiger partial charge >= 0.3 is 5.97 Å². The normalized spacial score (nSPS) is 12.1. The lowest BCUT2D eigenvalue weighted by Gasteiger charge is -2.13. The van der Waals surface area contributed by atoms with E-state index in [0.717, 1.165) is 4.47 Å². The molecule has 2 aromatic rings. The van der Waals surface area contributed by atoms with Gasteiger partial charge in [0.2, 0.25) is 0 Å². The first-order valence-electron chi connectivity index (χ1n) is 5.38. The van der Waals surface area contributed by atoms with Crippen LogP contribution in [0.4, 0.5) is 0 Å². The summed E-state index contributed by atoms with van der Waals surface area (Å²) in [6.45, 7) is 0. The van der Waals surface area contributed by atoms with Crippen LogP contribution in [0, 0.1) is 0 Å². The van der Waals surface area contributed by atoms with E-state index in [1.165, 1.54) is 11.3 Å². The highest BCUT2D eigenvalue weighted by atomic mass is 79.9. The highest BCUT2D eigenvalue weighted by molar-refractivity contribution is 9.10. The lowest BCUT2D eigenvalue weighted by Crippen LogP contribution is -2.34. The highest BCUT2D eigenvalue weighted by Gasteiger charge is 2.24. The summed E-state index contributed by atoms with van der Waals surface area (Å²) >= 11 is 4.56. The topological polar surface area (TPSA) is 71.3 Å². The minimum Gasteiger partial charge on any atom is -0.479 e. The number of carboxylic acid groups (broad SMARTS) is 1. The number of halogens is 1. The molecular weight excluding hydrogens is 332 g/mol. The summed E-state index contributed by atoms with van der Waals surface area (Å²) in [6, 6.07) is 4.05. The minimum atomic E-state index is -1.08. The standard InChI is InChI=1S/C12H11BrN2O3S/c1-15-6-7(13)5-8(15)11(16)14-10(12(17)18)9-3-2-4-19-9/h2-6,10H,1H3,(H,14,16)(H,17,18). The molecule has 0 aromatic carbocycles. The lowest BCUT2D eigenvalue weighted by atomic mass is 10.2. The first-order valence-corrected chi connectivity index (χ1v) is 7.05. The number of rotatable bonds is 4. The molecule has 7 heteroatoms. The van der Waals surface area contributed by atoms with Gasteiger partial charge in [-0.25, -0.2) is 4.79 Å². The maximum atomic E-state index is 12.1. The third-order valence-corrected chi connectivity index (χ3v) is 3.93. The van der Waals surface area contributed by atoms with Crippen molar-refractivity contribution in [1.29, 1.82) is 0 Å². The highest BCUT2D eigenvalue weighted by Crippen LogP contribution is 2.20. The average Bonchev–Trinajstić information content (AvgIpc) is 2.95. The third-order valence-electron chi connectivity index (χ3n) is 2.55. The van der Waals surface area contributed by atoms with Crippen molar-refractivity contribution >= 4 is 39.1 Å². The Hall–Kier alpha value is -1.60. The fourth-order valence-electron chi connectivity index (χ4n) is 1.67. The largest absolute Gasteiger partial charge is 0.479 e. The summed E-state index contributed by atoms with van der Waals surface area (Å²) in [7, 11) is 1.72. The first kappa shape index (κ1) is 13.8. The maximum Gasteiger partial charge on any atom is 0.331 e. The van der Waals surface area contributed by atoms with Crippen molar-refractivity contribution in [2.24, 2.45) is 7.05 Å². The van der Waals surface area contributed by atoms with Crippen LogP contribution in [0.2, 0.25) is 0 Å². The molecular formula is C12H11BrN2O3S. The van der Waals surface area contributed by atoms with Gasteiger partial charge < -0.3 is 15.0 Å². The average molecular weight is 343 g/mol. The molecule has 1 atom stereocenters. The molecule has 0 aliphatic heterocycles. The summed E-state index contributed by atoms with van der Waals surface area (Å²) in [5, 5.41) is 13.5. The zero-order chi connectivity index (χ0) is 14.0. The van der Waals surface area contributed by atoms with E-state index in [9.17, 15) is 14.7 Å². The summed E-state index contributed by atoms with van der Waals surface area (Å²) in [6.07, 6.45) is 1.73. The Kier molecular flexibility index (Phi) is 4.06. The number of thiophene rings is 1. The number of carbonyl (C=O) groups is 2. The summed E-state index contributed by atoms with van der Waals surface area (Å²) < 4.78 is 2.40. The van der Waals surface area contributed by atoms with Gasteiger partial charge in [-0.1, -0.05) is 6.07 Å². The second-order valence-corrected chi connectivity index (χ2v) is 5.81. The molecule has 0 fully saturated rings. The van der Waals surface area contributed by atoms with E-state index in [-0.39, 0.29) is 0 Å². The van der Waals surface area contributed by atoms with Gasteiger partial charge in [0.1, 0.15) is 5.69 Å². The number of amides is 1. The molecule has 2 rings (SSSR count). The fourth-order valence-corrected chi connectivity index (χ4v) is 2.96. The number of carboxylic acids is 1. The minimum absolute atomic E-state index is 0.398. The van der Waals surface area contributed by atoms with Crippen LogP contribution < -0.4 is 5.32 Å². The molecule has 19 heavy (non-hydrogen) atoms. The number of hydrogen-bond donors (Lipinski definition) is 2. The summed E-state index contributed by atoms with van der Waals surface area (Å²) in [5.74, 6) is -1.50. The predicted molar refractivity (Wildman–Crippen MR) is 75.3 cm³/mol. The molecule has 2 N–H and O–H groups in total. The zero-order valence-electron chi connectivity index (χ0n) is 9.96. The fraction of sp³-hybridized carbons (Fsp3) is 0.167. The molecule has 1 unspecified atom stereocenters. The Labute approximate surface area is 122 Å². The molecule has 0 saturated carbocycles. The van der Waals surface area contributed by atoms with Crippen LogP contribution in [-0.2, 0) is 11.8 Å². The second kappa shape index (κ2) is 5.58. The van der Waals surface area contributed by atoms with Gasteiger partial charge in [-0.3, -0.25) is 4.79 Å². The molecule has 0 saturated heterocycles. The number of aromatic nitrogens is 1. The second-order valence-electron chi connectivity index (χ2n) is 3.91. The summed E-state index contributed by atoms with van der Waals surface area (Å²) in [5.41, 5.74) is 0.398. The van der Waals surface area contributed by atoms with Crippen LogP contribution in [-0.4, -0.2) is 21.6 Å². The predicted octanol–water partition coefficient (Wildman–Crippen LogP) is 2.40. The Morgan fingerprint density at radius 3 is 2.74 bits per heavy atom. The first-order chi connectivity index (χ1) is 8.99. The molecule has 0 aliphatic rings. The van der Waals surface area contributed by atoms with Gasteiger partial charge in [0.15, 0.2) is 6.04 Å². The molecule has 2 heterocycles. The van der Waals surface area contributed by atoms with E-state index in [1.807, 2.05) is 0 Å². The van der Waals surface area contributed by atoms with Crippen LogP contribution >= 0.6 is 27.3 Å². The van der Waals surface area contributed by atoms with Crippen molar-refractivity contribution in [3.63, 3.8) is 0 Å². The molecule has 0 radical (unpaired) electrons. The van der Waals surface area contributed by atoms with Gasteiger partial charge in [0.05, 0.1) is 0 Å². The van der Waals surface area contributed by atoms with Crippen molar-refractivity contribution in [1.82, 2.24) is 9.88 Å². The molecule has 0 bridgehead atoms. The SMILES string of the molecule is Cn1cc(Br)cc1C(=O)NC(C(=O)O)c1cccs1. The molecule has 0 spiro atoms. The van der Waals surface area contributed by atoms with E-state index >= 15 is 0 Å². The number of hydrogen-bond acceptors (Lipinski definition) is 3. The van der Waals surface area contributed by atoms with E-state index in [4.69, 9.17) is 0 Å². The van der Waals surface area contributed by atoms with Crippen molar-refractivity contribution < 1.29 is 14.7 Å². The van der Waals surface area contributed by atoms with Gasteiger partial charge in [0, 0.05) is 22.6 Å². The van der Waals surface area contributed by atoms with Crippen molar-refractivity contribution in [3.8, 4) is 0 Å². The van der Waals surface area contributed by atoms with Crippen LogP contribution in [0.5, 0.6) is 0 Å². The molecule has 1 amide bonds. The van der Waals surface area contributed by atoms with E-state index in [0.29, 0.717) is 10.6 Å². The monoisotopic (exact) mass is 342 g/mol. The molecule has 2 aromatic heterocycles. The smallest absolute Gasteiger partial charge is 0.331 e. The Bertz CT molecular complexity index is 607. The molecule has 0 aliphatic carbocycles. The summed E-state index contributed by atoms with van der Waals surface area (Å²) in [4.78, 5) is 23.9. The number of carbonyl (C=O) groups excluding carboxylic acids is 1. The van der Waals surface area contributed by atoms with E-state index in [1.54, 1.807) is 41.4 Å². The number of aryl methyl sites for hydroxylation is 1. The third kappa shape index (κ3) is 3.05. The number of nitrogens with one attached hydrogen (secondary N) is 1. The van der Waals surface area contributed by atoms with Crippen LogP contribution in [0.25, 0.3) is 0 Å². The Morgan fingerprint density at radius 1 is 1.53 bits per heavy atom. The lowest BCUT2D eigenvalue weighted by molar-refractivity contribution is -0.139. The van der Waals surface area contributed by atoms with Gasteiger partial charge in [-0.05, 0) is 33.4 Å². The maximum absolute atomic E-state index is 12.1. The van der Waals surface area contributed by atoms with Crippen LogP contribution in [0.15, 0.2) is 34.2 Å². The molecule has 100 valence electrons. The number of nitrogens with zero attached hydrogens (tertiary/aromatic N) is 1. The van der Waals surface area contributed by atoms with Gasteiger partial charge in [-0.15, -0.1) is 11.3 Å². The van der Waals surface area contributed by atoms with Crippen molar-refractivity contribution in [2.45, 2.75) is 6.04 Å².